The van der Waals surface area contributed by atoms with Gasteiger partial charge in [0.1, 0.15) is 0 Å². The van der Waals surface area contributed by atoms with Crippen molar-refractivity contribution >= 4 is 5.69 Å². The molecule has 1 aliphatic rings. The third kappa shape index (κ3) is 3.72. The van der Waals surface area contributed by atoms with E-state index >= 15 is 0 Å². The quantitative estimate of drug-likeness (QED) is 0.728. The Bertz CT molecular complexity index is 367. The first-order valence-electron chi connectivity index (χ1n) is 7.18. The van der Waals surface area contributed by atoms with Crippen molar-refractivity contribution in [3.63, 3.8) is 0 Å². The second kappa shape index (κ2) is 5.29. The normalized spacial score (nSPS) is 18.1. The molecule has 0 bridgehead atoms. The highest BCUT2D eigenvalue weighted by atomic mass is 15.1. The molecular formula is C16H27N2+. The van der Waals surface area contributed by atoms with Crippen molar-refractivity contribution < 1.29 is 4.57 Å². The van der Waals surface area contributed by atoms with Crippen molar-refractivity contribution in [1.82, 2.24) is 0 Å². The van der Waals surface area contributed by atoms with Gasteiger partial charge in [0, 0.05) is 36.3 Å². The highest BCUT2D eigenvalue weighted by molar-refractivity contribution is 5.44. The molecule has 2 nitrogen and oxygen atoms in total. The molecular weight excluding hydrogens is 220 g/mol. The van der Waals surface area contributed by atoms with Gasteiger partial charge in [-0.15, -0.1) is 0 Å². The van der Waals surface area contributed by atoms with Gasteiger partial charge in [0.2, 0.25) is 0 Å². The van der Waals surface area contributed by atoms with Crippen LogP contribution in [0.2, 0.25) is 0 Å². The molecule has 0 N–H and O–H groups in total. The van der Waals surface area contributed by atoms with E-state index in [4.69, 9.17) is 0 Å². The van der Waals surface area contributed by atoms with Gasteiger partial charge >= 0.3 is 0 Å². The molecule has 0 amide bonds. The molecule has 18 heavy (non-hydrogen) atoms. The Hall–Kier alpha value is -1.05. The molecule has 1 aliphatic heterocycles. The first-order valence-corrected chi connectivity index (χ1v) is 7.18. The molecule has 2 heterocycles. The molecule has 1 saturated heterocycles. The van der Waals surface area contributed by atoms with Crippen LogP contribution in [0, 0.1) is 11.3 Å². The molecule has 1 aromatic heterocycles. The molecule has 0 aliphatic carbocycles. The van der Waals surface area contributed by atoms with Crippen molar-refractivity contribution in [2.45, 2.75) is 47.1 Å². The molecule has 0 spiro atoms. The van der Waals surface area contributed by atoms with Crippen LogP contribution in [-0.2, 0) is 6.54 Å². The standard InChI is InChI=1S/C16H27N2/c1-14-5-11-18(12-6-14)15-7-9-17(10-8-15)13-16(2,3)4/h7-10,14H,5-6,11-13H2,1-4H3/q+1. The lowest BCUT2D eigenvalue weighted by molar-refractivity contribution is -0.708. The summed E-state index contributed by atoms with van der Waals surface area (Å²) in [6.45, 7) is 12.7. The number of piperidine rings is 1. The molecule has 2 heteroatoms. The number of hydrogen-bond acceptors (Lipinski definition) is 1. The van der Waals surface area contributed by atoms with Crippen LogP contribution in [0.15, 0.2) is 24.5 Å². The number of pyridine rings is 1. The predicted octanol–water partition coefficient (Wildman–Crippen LogP) is 3.26. The first-order chi connectivity index (χ1) is 8.44. The Morgan fingerprint density at radius 2 is 1.72 bits per heavy atom. The monoisotopic (exact) mass is 247 g/mol. The van der Waals surface area contributed by atoms with Crippen LogP contribution < -0.4 is 9.47 Å². The zero-order valence-electron chi connectivity index (χ0n) is 12.3. The number of aromatic nitrogens is 1. The highest BCUT2D eigenvalue weighted by Crippen LogP contribution is 2.22. The lowest BCUT2D eigenvalue weighted by Gasteiger charge is -2.31. The smallest absolute Gasteiger partial charge is 0.170 e. The number of nitrogens with zero attached hydrogens (tertiary/aromatic N) is 2. The summed E-state index contributed by atoms with van der Waals surface area (Å²) in [4.78, 5) is 2.52. The summed E-state index contributed by atoms with van der Waals surface area (Å²) < 4.78 is 2.29. The van der Waals surface area contributed by atoms with E-state index in [9.17, 15) is 0 Å². The number of hydrogen-bond donors (Lipinski definition) is 0. The summed E-state index contributed by atoms with van der Waals surface area (Å²) in [5.41, 5.74) is 1.72. The van der Waals surface area contributed by atoms with E-state index in [1.807, 2.05) is 0 Å². The minimum Gasteiger partial charge on any atom is -0.371 e. The van der Waals surface area contributed by atoms with Crippen molar-refractivity contribution in [1.29, 1.82) is 0 Å². The maximum absolute atomic E-state index is 2.52. The number of anilines is 1. The Labute approximate surface area is 112 Å². The summed E-state index contributed by atoms with van der Waals surface area (Å²) >= 11 is 0. The lowest BCUT2D eigenvalue weighted by atomic mass is 9.97. The Kier molecular flexibility index (Phi) is 3.94. The summed E-state index contributed by atoms with van der Waals surface area (Å²) in [6.07, 6.45) is 7.10. The fourth-order valence-electron chi connectivity index (χ4n) is 2.58. The zero-order chi connectivity index (χ0) is 13.2. The first kappa shape index (κ1) is 13.4. The van der Waals surface area contributed by atoms with Crippen LogP contribution in [-0.4, -0.2) is 13.1 Å². The second-order valence-electron chi connectivity index (χ2n) is 6.96. The maximum Gasteiger partial charge on any atom is 0.170 e. The number of rotatable bonds is 2. The van der Waals surface area contributed by atoms with Gasteiger partial charge < -0.3 is 4.90 Å². The molecule has 1 fully saturated rings. The topological polar surface area (TPSA) is 7.12 Å². The Morgan fingerprint density at radius 1 is 1.17 bits per heavy atom. The molecule has 2 rings (SSSR count). The van der Waals surface area contributed by atoms with E-state index < -0.39 is 0 Å². The molecule has 0 atom stereocenters. The van der Waals surface area contributed by atoms with Crippen LogP contribution >= 0.6 is 0 Å². The third-order valence-corrected chi connectivity index (χ3v) is 3.68. The van der Waals surface area contributed by atoms with E-state index in [1.165, 1.54) is 31.6 Å². The second-order valence-corrected chi connectivity index (χ2v) is 6.96. The minimum absolute atomic E-state index is 0.340. The minimum atomic E-state index is 0.340. The van der Waals surface area contributed by atoms with E-state index in [0.29, 0.717) is 5.41 Å². The zero-order valence-corrected chi connectivity index (χ0v) is 12.3. The molecule has 0 unspecified atom stereocenters. The molecule has 0 aromatic carbocycles. The van der Waals surface area contributed by atoms with Crippen LogP contribution in [0.25, 0.3) is 0 Å². The average Bonchev–Trinajstić information content (AvgIpc) is 2.29. The van der Waals surface area contributed by atoms with Gasteiger partial charge in [-0.1, -0.05) is 27.7 Å². The van der Waals surface area contributed by atoms with Crippen LogP contribution in [0.5, 0.6) is 0 Å². The van der Waals surface area contributed by atoms with E-state index in [-0.39, 0.29) is 0 Å². The van der Waals surface area contributed by atoms with Gasteiger partial charge in [0.25, 0.3) is 0 Å². The van der Waals surface area contributed by atoms with Gasteiger partial charge in [0.05, 0.1) is 0 Å². The fraction of sp³-hybridized carbons (Fsp3) is 0.688. The maximum atomic E-state index is 2.52. The van der Waals surface area contributed by atoms with Gasteiger partial charge in [-0.25, -0.2) is 4.57 Å². The largest absolute Gasteiger partial charge is 0.371 e. The van der Waals surface area contributed by atoms with Crippen LogP contribution in [0.4, 0.5) is 5.69 Å². The molecule has 100 valence electrons. The third-order valence-electron chi connectivity index (χ3n) is 3.68. The molecule has 0 saturated carbocycles. The van der Waals surface area contributed by atoms with Crippen molar-refractivity contribution in [3.05, 3.63) is 24.5 Å². The van der Waals surface area contributed by atoms with Crippen molar-refractivity contribution in [2.24, 2.45) is 11.3 Å². The molecule has 0 radical (unpaired) electrons. The predicted molar refractivity (Wildman–Crippen MR) is 76.7 cm³/mol. The summed E-state index contributed by atoms with van der Waals surface area (Å²) in [5, 5.41) is 0. The van der Waals surface area contributed by atoms with Crippen LogP contribution in [0.3, 0.4) is 0 Å². The molecule has 1 aromatic rings. The average molecular weight is 247 g/mol. The Morgan fingerprint density at radius 3 is 2.22 bits per heavy atom. The SMILES string of the molecule is CC1CCN(c2cc[n+](CC(C)(C)C)cc2)CC1. The fourth-order valence-corrected chi connectivity index (χ4v) is 2.58. The summed E-state index contributed by atoms with van der Waals surface area (Å²) in [7, 11) is 0. The summed E-state index contributed by atoms with van der Waals surface area (Å²) in [6, 6.07) is 4.53. The van der Waals surface area contributed by atoms with Crippen molar-refractivity contribution in [3.8, 4) is 0 Å². The Balaban J connectivity index is 1.99. The van der Waals surface area contributed by atoms with Gasteiger partial charge in [-0.2, -0.15) is 0 Å². The van der Waals surface area contributed by atoms with Crippen LogP contribution in [0.1, 0.15) is 40.5 Å². The van der Waals surface area contributed by atoms with Gasteiger partial charge in [0.15, 0.2) is 18.9 Å². The van der Waals surface area contributed by atoms with E-state index in [2.05, 4.69) is 61.7 Å². The highest BCUT2D eigenvalue weighted by Gasteiger charge is 2.19. The van der Waals surface area contributed by atoms with Gasteiger partial charge in [-0.3, -0.25) is 0 Å². The summed E-state index contributed by atoms with van der Waals surface area (Å²) in [5.74, 6) is 0.899. The van der Waals surface area contributed by atoms with E-state index in [1.54, 1.807) is 0 Å². The van der Waals surface area contributed by atoms with Gasteiger partial charge in [-0.05, 0) is 18.8 Å². The lowest BCUT2D eigenvalue weighted by Crippen LogP contribution is -2.40. The van der Waals surface area contributed by atoms with Crippen molar-refractivity contribution in [2.75, 3.05) is 18.0 Å². The van der Waals surface area contributed by atoms with E-state index in [0.717, 1.165) is 12.5 Å².